The van der Waals surface area contributed by atoms with E-state index in [1.807, 2.05) is 54.6 Å². The van der Waals surface area contributed by atoms with Gasteiger partial charge in [-0.15, -0.1) is 0 Å². The lowest BCUT2D eigenvalue weighted by Gasteiger charge is -2.18. The fourth-order valence-electron chi connectivity index (χ4n) is 2.32. The summed E-state index contributed by atoms with van der Waals surface area (Å²) in [5.41, 5.74) is 1.60. The van der Waals surface area contributed by atoms with E-state index in [4.69, 9.17) is 0 Å². The molecule has 0 aliphatic carbocycles. The number of hydrogen-bond acceptors (Lipinski definition) is 2. The average Bonchev–Trinajstić information content (AvgIpc) is 2.67. The molecular formula is C21H15Br2NO2S. The minimum absolute atomic E-state index is 0.158. The Balaban J connectivity index is 1.99. The summed E-state index contributed by atoms with van der Waals surface area (Å²) in [6.45, 7) is 0.158. The molecule has 0 atom stereocenters. The molecule has 6 heteroatoms. The van der Waals surface area contributed by atoms with Crippen LogP contribution < -0.4 is 0 Å². The van der Waals surface area contributed by atoms with Crippen molar-refractivity contribution in [3.8, 4) is 12.0 Å². The van der Waals surface area contributed by atoms with Crippen molar-refractivity contribution in [2.45, 2.75) is 11.4 Å². The Bertz CT molecular complexity index is 1070. The maximum atomic E-state index is 13.1. The highest BCUT2D eigenvalue weighted by atomic mass is 79.9. The van der Waals surface area contributed by atoms with Crippen LogP contribution >= 0.6 is 31.9 Å². The van der Waals surface area contributed by atoms with Crippen LogP contribution in [-0.2, 0) is 16.6 Å². The van der Waals surface area contributed by atoms with E-state index in [9.17, 15) is 8.42 Å². The van der Waals surface area contributed by atoms with Gasteiger partial charge in [-0.2, -0.15) is 0 Å². The Hall–Kier alpha value is -2.07. The van der Waals surface area contributed by atoms with Gasteiger partial charge in [0.1, 0.15) is 0 Å². The van der Waals surface area contributed by atoms with Gasteiger partial charge in [0.05, 0.1) is 11.4 Å². The molecule has 0 aliphatic heterocycles. The molecule has 0 aliphatic rings. The molecule has 27 heavy (non-hydrogen) atoms. The Morgan fingerprint density at radius 3 is 1.93 bits per heavy atom. The Labute approximate surface area is 176 Å². The Kier molecular flexibility index (Phi) is 6.38. The van der Waals surface area contributed by atoms with Crippen molar-refractivity contribution in [1.82, 2.24) is 4.31 Å². The number of halogens is 2. The zero-order valence-corrected chi connectivity index (χ0v) is 18.1. The van der Waals surface area contributed by atoms with Gasteiger partial charge in [-0.05, 0) is 60.0 Å². The molecule has 3 nitrogen and oxygen atoms in total. The van der Waals surface area contributed by atoms with Crippen LogP contribution in [0.2, 0.25) is 0 Å². The van der Waals surface area contributed by atoms with E-state index in [-0.39, 0.29) is 11.4 Å². The smallest absolute Gasteiger partial charge is 0.220 e. The van der Waals surface area contributed by atoms with Crippen molar-refractivity contribution in [3.63, 3.8) is 0 Å². The monoisotopic (exact) mass is 503 g/mol. The van der Waals surface area contributed by atoms with Crippen LogP contribution in [0.15, 0.2) is 92.7 Å². The number of hydrogen-bond donors (Lipinski definition) is 0. The number of sulfonamides is 1. The minimum atomic E-state index is -3.77. The Morgan fingerprint density at radius 1 is 0.778 bits per heavy atom. The van der Waals surface area contributed by atoms with E-state index in [0.29, 0.717) is 0 Å². The summed E-state index contributed by atoms with van der Waals surface area (Å²) in [7, 11) is -3.77. The van der Waals surface area contributed by atoms with Gasteiger partial charge in [-0.3, -0.25) is 0 Å². The number of nitrogens with zero attached hydrogens (tertiary/aromatic N) is 1. The lowest BCUT2D eigenvalue weighted by molar-refractivity contribution is 0.508. The van der Waals surface area contributed by atoms with Crippen LogP contribution in [0.25, 0.3) is 0 Å². The van der Waals surface area contributed by atoms with Crippen LogP contribution in [0.1, 0.15) is 11.1 Å². The third kappa shape index (κ3) is 5.23. The fourth-order valence-corrected chi connectivity index (χ4v) is 4.07. The van der Waals surface area contributed by atoms with E-state index in [1.54, 1.807) is 24.3 Å². The molecule has 3 rings (SSSR count). The minimum Gasteiger partial charge on any atom is -0.220 e. The van der Waals surface area contributed by atoms with E-state index in [2.05, 4.69) is 43.8 Å². The zero-order chi connectivity index (χ0) is 19.3. The van der Waals surface area contributed by atoms with Gasteiger partial charge in [-0.1, -0.05) is 62.2 Å². The number of benzene rings is 3. The van der Waals surface area contributed by atoms with Gasteiger partial charge in [0.15, 0.2) is 0 Å². The normalized spacial score (nSPS) is 10.7. The van der Waals surface area contributed by atoms with E-state index < -0.39 is 10.0 Å². The van der Waals surface area contributed by atoms with Gasteiger partial charge >= 0.3 is 0 Å². The predicted octanol–water partition coefficient (Wildman–Crippen LogP) is 5.41. The molecule has 0 bridgehead atoms. The fraction of sp³-hybridized carbons (Fsp3) is 0.0476. The first-order valence-corrected chi connectivity index (χ1v) is 11.1. The second-order valence-corrected chi connectivity index (χ2v) is 9.39. The van der Waals surface area contributed by atoms with Gasteiger partial charge in [0, 0.05) is 20.6 Å². The van der Waals surface area contributed by atoms with Gasteiger partial charge < -0.3 is 0 Å². The summed E-state index contributed by atoms with van der Waals surface area (Å²) in [5.74, 6) is 2.94. The van der Waals surface area contributed by atoms with Gasteiger partial charge in [-0.25, -0.2) is 12.7 Å². The highest BCUT2D eigenvalue weighted by Crippen LogP contribution is 2.21. The Morgan fingerprint density at radius 2 is 1.33 bits per heavy atom. The van der Waals surface area contributed by atoms with Crippen molar-refractivity contribution in [3.05, 3.63) is 98.9 Å². The van der Waals surface area contributed by atoms with Gasteiger partial charge in [0.2, 0.25) is 0 Å². The SMILES string of the molecule is O=S(=O)(c1ccc(Br)cc1)N(C#Cc1ccccc1)Cc1ccc(Br)cc1. The first kappa shape index (κ1) is 19.7. The lowest BCUT2D eigenvalue weighted by Crippen LogP contribution is -2.26. The second-order valence-electron chi connectivity index (χ2n) is 5.69. The summed E-state index contributed by atoms with van der Waals surface area (Å²) in [6.07, 6.45) is 0. The average molecular weight is 505 g/mol. The molecule has 0 amide bonds. The largest absolute Gasteiger partial charge is 0.271 e. The summed E-state index contributed by atoms with van der Waals surface area (Å²) in [4.78, 5) is 0.199. The van der Waals surface area contributed by atoms with Crippen molar-refractivity contribution in [2.75, 3.05) is 0 Å². The highest BCUT2D eigenvalue weighted by Gasteiger charge is 2.22. The first-order valence-electron chi connectivity index (χ1n) is 8.04. The van der Waals surface area contributed by atoms with E-state index in [1.165, 1.54) is 4.31 Å². The molecule has 0 saturated carbocycles. The summed E-state index contributed by atoms with van der Waals surface area (Å²) >= 11 is 6.72. The molecule has 3 aromatic carbocycles. The summed E-state index contributed by atoms with van der Waals surface area (Å²) in [5, 5.41) is 0. The molecule has 0 heterocycles. The van der Waals surface area contributed by atoms with Crippen molar-refractivity contribution in [1.29, 1.82) is 0 Å². The topological polar surface area (TPSA) is 37.4 Å². The lowest BCUT2D eigenvalue weighted by atomic mass is 10.2. The molecule has 0 saturated heterocycles. The first-order chi connectivity index (χ1) is 12.9. The quantitative estimate of drug-likeness (QED) is 0.352. The molecule has 0 N–H and O–H groups in total. The van der Waals surface area contributed by atoms with Crippen LogP contribution in [0, 0.1) is 12.0 Å². The van der Waals surface area contributed by atoms with E-state index >= 15 is 0 Å². The molecule has 136 valence electrons. The predicted molar refractivity (Wildman–Crippen MR) is 114 cm³/mol. The molecule has 0 fully saturated rings. The summed E-state index contributed by atoms with van der Waals surface area (Å²) in [6, 6.07) is 26.2. The molecule has 0 radical (unpaired) electrons. The number of rotatable bonds is 4. The van der Waals surface area contributed by atoms with E-state index in [0.717, 1.165) is 20.1 Å². The highest BCUT2D eigenvalue weighted by molar-refractivity contribution is 9.10. The van der Waals surface area contributed by atoms with Crippen LogP contribution in [-0.4, -0.2) is 12.7 Å². The van der Waals surface area contributed by atoms with Crippen molar-refractivity contribution >= 4 is 41.9 Å². The molecule has 3 aromatic rings. The standard InChI is InChI=1S/C21H15Br2NO2S/c22-19-8-6-18(7-9-19)16-24(15-14-17-4-2-1-3-5-17)27(25,26)21-12-10-20(23)11-13-21/h1-13H,16H2. The van der Waals surface area contributed by atoms with Crippen LogP contribution in [0.5, 0.6) is 0 Å². The molecule has 0 aromatic heterocycles. The second kappa shape index (κ2) is 8.75. The maximum Gasteiger partial charge on any atom is 0.271 e. The van der Waals surface area contributed by atoms with Crippen molar-refractivity contribution < 1.29 is 8.42 Å². The third-order valence-corrected chi connectivity index (χ3v) is 6.47. The van der Waals surface area contributed by atoms with Crippen LogP contribution in [0.4, 0.5) is 0 Å². The van der Waals surface area contributed by atoms with Crippen LogP contribution in [0.3, 0.4) is 0 Å². The third-order valence-electron chi connectivity index (χ3n) is 3.74. The maximum absolute atomic E-state index is 13.1. The van der Waals surface area contributed by atoms with Crippen molar-refractivity contribution in [2.24, 2.45) is 0 Å². The molecular weight excluding hydrogens is 490 g/mol. The zero-order valence-electron chi connectivity index (χ0n) is 14.1. The summed E-state index contributed by atoms with van der Waals surface area (Å²) < 4.78 is 29.2. The van der Waals surface area contributed by atoms with Gasteiger partial charge in [0.25, 0.3) is 10.0 Å². The molecule has 0 spiro atoms. The molecule has 0 unspecified atom stereocenters.